The van der Waals surface area contributed by atoms with Gasteiger partial charge in [-0.3, -0.25) is 0 Å². The zero-order valence-electron chi connectivity index (χ0n) is 8.10. The van der Waals surface area contributed by atoms with Crippen molar-refractivity contribution in [1.82, 2.24) is 5.23 Å². The molecule has 11 heavy (non-hydrogen) atoms. The van der Waals surface area contributed by atoms with Crippen LogP contribution in [0.25, 0.3) is 0 Å². The quantitative estimate of drug-likeness (QED) is 0.514. The minimum Gasteiger partial charge on any atom is -0.437 e. The van der Waals surface area contributed by atoms with Gasteiger partial charge < -0.3 is 16.0 Å². The first-order chi connectivity index (χ1) is 4.67. The molecule has 0 radical (unpaired) electrons. The van der Waals surface area contributed by atoms with Gasteiger partial charge in [-0.05, 0) is 34.5 Å². The first kappa shape index (κ1) is 10.9. The van der Waals surface area contributed by atoms with E-state index in [9.17, 15) is 0 Å². The van der Waals surface area contributed by atoms with Crippen LogP contribution in [-0.4, -0.2) is 23.2 Å². The molecule has 0 aromatic rings. The van der Waals surface area contributed by atoms with Crippen LogP contribution >= 0.6 is 0 Å². The molecule has 0 amide bonds. The molecule has 0 saturated heterocycles. The molecule has 0 heterocycles. The lowest BCUT2D eigenvalue weighted by Gasteiger charge is -2.40. The minimum absolute atomic E-state index is 0.263. The smallest absolute Gasteiger partial charge is 0.374 e. The number of hydrogen-bond donors (Lipinski definition) is 3. The van der Waals surface area contributed by atoms with Crippen LogP contribution in [0, 0.1) is 0 Å². The summed E-state index contributed by atoms with van der Waals surface area (Å²) in [4.78, 5) is 0. The van der Waals surface area contributed by atoms with E-state index in [0.29, 0.717) is 0 Å². The fraction of sp³-hybridized carbons (Fsp3) is 1.00. The van der Waals surface area contributed by atoms with E-state index in [1.165, 1.54) is 0 Å². The van der Waals surface area contributed by atoms with E-state index < -0.39 is 7.05 Å². The van der Waals surface area contributed by atoms with E-state index in [1.807, 2.05) is 27.7 Å². The van der Waals surface area contributed by atoms with Crippen molar-refractivity contribution >= 4 is 7.05 Å². The van der Waals surface area contributed by atoms with Crippen molar-refractivity contribution in [2.24, 2.45) is 5.73 Å². The number of nitrogens with two attached hydrogens (primary N) is 1. The van der Waals surface area contributed by atoms with Gasteiger partial charge in [0.25, 0.3) is 0 Å². The molecule has 66 valence electrons. The predicted molar refractivity (Wildman–Crippen MR) is 49.3 cm³/mol. The van der Waals surface area contributed by atoms with E-state index >= 15 is 0 Å². The van der Waals surface area contributed by atoms with Crippen molar-refractivity contribution in [2.45, 2.75) is 45.6 Å². The standard InChI is InChI=1S/C7H19BN2O/c1-6(2,9)7(3,4)10-8(5)11/h10-11H,9H2,1-5H3. The van der Waals surface area contributed by atoms with E-state index in [4.69, 9.17) is 10.8 Å². The molecule has 0 aliphatic carbocycles. The van der Waals surface area contributed by atoms with Crippen LogP contribution in [0.4, 0.5) is 0 Å². The van der Waals surface area contributed by atoms with Crippen molar-refractivity contribution in [3.05, 3.63) is 0 Å². The Hall–Kier alpha value is -0.0551. The van der Waals surface area contributed by atoms with Gasteiger partial charge in [0.2, 0.25) is 0 Å². The molecule has 0 saturated carbocycles. The van der Waals surface area contributed by atoms with Gasteiger partial charge >= 0.3 is 7.05 Å². The highest BCUT2D eigenvalue weighted by Crippen LogP contribution is 2.17. The van der Waals surface area contributed by atoms with Crippen LogP contribution in [0.1, 0.15) is 27.7 Å². The topological polar surface area (TPSA) is 58.3 Å². The lowest BCUT2D eigenvalue weighted by atomic mass is 9.76. The molecule has 0 fully saturated rings. The number of hydrogen-bond acceptors (Lipinski definition) is 3. The second-order valence-electron chi connectivity index (χ2n) is 4.17. The second kappa shape index (κ2) is 3.13. The maximum absolute atomic E-state index is 9.08. The van der Waals surface area contributed by atoms with Gasteiger partial charge in [-0.25, -0.2) is 0 Å². The Labute approximate surface area is 69.5 Å². The molecule has 0 spiro atoms. The maximum atomic E-state index is 9.08. The molecular weight excluding hydrogens is 139 g/mol. The summed E-state index contributed by atoms with van der Waals surface area (Å²) in [6.07, 6.45) is 0. The van der Waals surface area contributed by atoms with Crippen LogP contribution < -0.4 is 11.0 Å². The monoisotopic (exact) mass is 158 g/mol. The molecule has 4 N–H and O–H groups in total. The van der Waals surface area contributed by atoms with Gasteiger partial charge in [-0.2, -0.15) is 0 Å². The fourth-order valence-corrected chi connectivity index (χ4v) is 0.708. The Morgan fingerprint density at radius 2 is 1.64 bits per heavy atom. The maximum Gasteiger partial charge on any atom is 0.374 e. The van der Waals surface area contributed by atoms with Gasteiger partial charge in [0.05, 0.1) is 0 Å². The molecule has 0 bridgehead atoms. The zero-order chi connectivity index (χ0) is 9.28. The normalized spacial score (nSPS) is 13.4. The Morgan fingerprint density at radius 3 is 1.73 bits per heavy atom. The van der Waals surface area contributed by atoms with Crippen LogP contribution in [0.2, 0.25) is 6.82 Å². The third-order valence-corrected chi connectivity index (χ3v) is 2.18. The predicted octanol–water partition coefficient (Wildman–Crippen LogP) is 0.202. The summed E-state index contributed by atoms with van der Waals surface area (Å²) in [5.74, 6) is 0. The fourth-order valence-electron chi connectivity index (χ4n) is 0.708. The number of nitrogens with one attached hydrogen (secondary N) is 1. The lowest BCUT2D eigenvalue weighted by molar-refractivity contribution is 0.271. The summed E-state index contributed by atoms with van der Waals surface area (Å²) in [6, 6.07) is 0. The summed E-state index contributed by atoms with van der Waals surface area (Å²) >= 11 is 0. The summed E-state index contributed by atoms with van der Waals surface area (Å²) in [5.41, 5.74) is 5.28. The van der Waals surface area contributed by atoms with Crippen LogP contribution in [-0.2, 0) is 0 Å². The first-order valence-electron chi connectivity index (χ1n) is 3.91. The van der Waals surface area contributed by atoms with Gasteiger partial charge in [0, 0.05) is 11.1 Å². The molecule has 0 aliphatic rings. The summed E-state index contributed by atoms with van der Waals surface area (Å²) in [7, 11) is -0.521. The molecule has 0 unspecified atom stereocenters. The highest BCUT2D eigenvalue weighted by Gasteiger charge is 2.34. The largest absolute Gasteiger partial charge is 0.437 e. The summed E-state index contributed by atoms with van der Waals surface area (Å²) in [5, 5.41) is 12.1. The average molecular weight is 158 g/mol. The van der Waals surface area contributed by atoms with Crippen molar-refractivity contribution < 1.29 is 5.02 Å². The van der Waals surface area contributed by atoms with E-state index in [-0.39, 0.29) is 11.1 Å². The van der Waals surface area contributed by atoms with Crippen molar-refractivity contribution in [2.75, 3.05) is 0 Å². The van der Waals surface area contributed by atoms with Crippen LogP contribution in [0.3, 0.4) is 0 Å². The zero-order valence-corrected chi connectivity index (χ0v) is 8.10. The molecule has 4 heteroatoms. The van der Waals surface area contributed by atoms with Crippen LogP contribution in [0.5, 0.6) is 0 Å². The van der Waals surface area contributed by atoms with E-state index in [0.717, 1.165) is 0 Å². The van der Waals surface area contributed by atoms with Gasteiger partial charge in [-0.15, -0.1) is 0 Å². The van der Waals surface area contributed by atoms with Gasteiger partial charge in [-0.1, -0.05) is 0 Å². The average Bonchev–Trinajstić information content (AvgIpc) is 1.56. The van der Waals surface area contributed by atoms with Crippen molar-refractivity contribution in [3.8, 4) is 0 Å². The van der Waals surface area contributed by atoms with Gasteiger partial charge in [0.1, 0.15) is 0 Å². The molecule has 0 aromatic carbocycles. The highest BCUT2D eigenvalue weighted by atomic mass is 16.2. The van der Waals surface area contributed by atoms with Crippen molar-refractivity contribution in [3.63, 3.8) is 0 Å². The van der Waals surface area contributed by atoms with Gasteiger partial charge in [0.15, 0.2) is 0 Å². The second-order valence-corrected chi connectivity index (χ2v) is 4.17. The molecule has 0 atom stereocenters. The minimum atomic E-state index is -0.521. The number of rotatable bonds is 3. The molecule has 3 nitrogen and oxygen atoms in total. The third kappa shape index (κ3) is 3.23. The first-order valence-corrected chi connectivity index (χ1v) is 3.91. The lowest BCUT2D eigenvalue weighted by Crippen LogP contribution is -2.64. The molecule has 0 aliphatic heterocycles. The molecule has 0 aromatic heterocycles. The summed E-state index contributed by atoms with van der Waals surface area (Å²) in [6.45, 7) is 9.50. The van der Waals surface area contributed by atoms with Crippen LogP contribution in [0.15, 0.2) is 0 Å². The van der Waals surface area contributed by atoms with Crippen molar-refractivity contribution in [1.29, 1.82) is 0 Å². The Kier molecular flexibility index (Phi) is 3.11. The Morgan fingerprint density at radius 1 is 1.27 bits per heavy atom. The highest BCUT2D eigenvalue weighted by molar-refractivity contribution is 6.45. The third-order valence-electron chi connectivity index (χ3n) is 2.18. The Bertz CT molecular complexity index is 129. The van der Waals surface area contributed by atoms with E-state index in [2.05, 4.69) is 5.23 Å². The Balaban J connectivity index is 4.22. The summed E-state index contributed by atoms with van der Waals surface area (Å²) < 4.78 is 0. The van der Waals surface area contributed by atoms with E-state index in [1.54, 1.807) is 6.82 Å². The molecule has 0 rings (SSSR count). The molecular formula is C7H19BN2O. The SMILES string of the molecule is CB(O)NC(C)(C)C(C)(C)N.